The molecule has 0 aromatic heterocycles. The maximum absolute atomic E-state index is 11.5. The maximum atomic E-state index is 11.5. The Morgan fingerprint density at radius 3 is 2.72 bits per heavy atom. The third-order valence-corrected chi connectivity index (χ3v) is 3.00. The van der Waals surface area contributed by atoms with Crippen molar-refractivity contribution in [3.8, 4) is 0 Å². The molecule has 2 atom stereocenters. The molecule has 0 bridgehead atoms. The molecule has 1 aliphatic rings. The molecule has 0 spiro atoms. The van der Waals surface area contributed by atoms with Gasteiger partial charge >= 0.3 is 6.09 Å². The van der Waals surface area contributed by atoms with Crippen LogP contribution in [0.15, 0.2) is 30.3 Å². The lowest BCUT2D eigenvalue weighted by molar-refractivity contribution is -0.130. The molecule has 2 amide bonds. The highest BCUT2D eigenvalue weighted by Gasteiger charge is 2.39. The Labute approximate surface area is 109 Å². The predicted octanol–water partition coefficient (Wildman–Crippen LogP) is 1.02. The average Bonchev–Trinajstić information content (AvgIpc) is 2.41. The zero-order valence-electron chi connectivity index (χ0n) is 9.56. The van der Waals surface area contributed by atoms with Crippen LogP contribution in [-0.2, 0) is 16.1 Å². The second-order valence-corrected chi connectivity index (χ2v) is 4.26. The Morgan fingerprint density at radius 1 is 1.39 bits per heavy atom. The van der Waals surface area contributed by atoms with E-state index < -0.39 is 12.1 Å². The van der Waals surface area contributed by atoms with Gasteiger partial charge < -0.3 is 15.4 Å². The number of alkyl halides is 1. The van der Waals surface area contributed by atoms with Crippen molar-refractivity contribution in [2.24, 2.45) is 0 Å². The average molecular weight is 269 g/mol. The van der Waals surface area contributed by atoms with Gasteiger partial charge in [-0.2, -0.15) is 0 Å². The van der Waals surface area contributed by atoms with Crippen molar-refractivity contribution in [1.82, 2.24) is 10.6 Å². The van der Waals surface area contributed by atoms with Crippen LogP contribution in [0.25, 0.3) is 0 Å². The first-order valence-corrected chi connectivity index (χ1v) is 6.07. The van der Waals surface area contributed by atoms with Crippen LogP contribution in [0, 0.1) is 0 Å². The first kappa shape index (κ1) is 12.7. The number of hydrogen-bond donors (Lipinski definition) is 2. The fourth-order valence-electron chi connectivity index (χ4n) is 1.63. The van der Waals surface area contributed by atoms with Gasteiger partial charge in [-0.15, -0.1) is 11.6 Å². The Balaban J connectivity index is 1.77. The van der Waals surface area contributed by atoms with Gasteiger partial charge in [0.2, 0.25) is 5.91 Å². The second-order valence-electron chi connectivity index (χ2n) is 3.95. The number of amides is 2. The fraction of sp³-hybridized carbons (Fsp3) is 0.333. The maximum Gasteiger partial charge on any atom is 0.408 e. The van der Waals surface area contributed by atoms with Crippen LogP contribution >= 0.6 is 11.6 Å². The summed E-state index contributed by atoms with van der Waals surface area (Å²) in [6, 6.07) is 8.50. The van der Waals surface area contributed by atoms with E-state index in [9.17, 15) is 9.59 Å². The molecule has 2 rings (SSSR count). The number of ether oxygens (including phenoxy) is 1. The summed E-state index contributed by atoms with van der Waals surface area (Å²) in [5.41, 5.74) is 0.889. The van der Waals surface area contributed by atoms with Crippen molar-refractivity contribution in [2.75, 3.05) is 5.88 Å². The van der Waals surface area contributed by atoms with Gasteiger partial charge in [0.1, 0.15) is 12.6 Å². The summed E-state index contributed by atoms with van der Waals surface area (Å²) in [5.74, 6) is 0.0207. The van der Waals surface area contributed by atoms with Crippen LogP contribution in [0.4, 0.5) is 4.79 Å². The summed E-state index contributed by atoms with van der Waals surface area (Å²) in [7, 11) is 0. The molecule has 0 aliphatic carbocycles. The Kier molecular flexibility index (Phi) is 4.04. The highest BCUT2D eigenvalue weighted by molar-refractivity contribution is 6.19. The lowest BCUT2D eigenvalue weighted by Gasteiger charge is -2.35. The number of alkyl carbamates (subject to hydrolysis) is 1. The molecule has 0 radical (unpaired) electrons. The number of β-lactam (4-membered cyclic amide) rings is 1. The van der Waals surface area contributed by atoms with E-state index in [0.29, 0.717) is 0 Å². The Bertz CT molecular complexity index is 438. The van der Waals surface area contributed by atoms with Crippen molar-refractivity contribution in [1.29, 1.82) is 0 Å². The van der Waals surface area contributed by atoms with E-state index in [-0.39, 0.29) is 24.4 Å². The highest BCUT2D eigenvalue weighted by atomic mass is 35.5. The van der Waals surface area contributed by atoms with E-state index >= 15 is 0 Å². The number of carbonyl (C=O) groups excluding carboxylic acids is 2. The molecule has 1 aromatic rings. The fourth-order valence-corrected chi connectivity index (χ4v) is 1.88. The largest absolute Gasteiger partial charge is 0.445 e. The van der Waals surface area contributed by atoms with E-state index in [4.69, 9.17) is 16.3 Å². The van der Waals surface area contributed by atoms with E-state index in [2.05, 4.69) is 10.6 Å². The summed E-state index contributed by atoms with van der Waals surface area (Å²) in [4.78, 5) is 22.6. The van der Waals surface area contributed by atoms with Crippen LogP contribution in [0.1, 0.15) is 5.56 Å². The molecule has 1 aromatic carbocycles. The Hall–Kier alpha value is -1.75. The van der Waals surface area contributed by atoms with Crippen LogP contribution < -0.4 is 10.6 Å². The van der Waals surface area contributed by atoms with Gasteiger partial charge in [-0.25, -0.2) is 4.79 Å². The van der Waals surface area contributed by atoms with Gasteiger partial charge in [0.05, 0.1) is 6.04 Å². The predicted molar refractivity (Wildman–Crippen MR) is 66.2 cm³/mol. The number of benzene rings is 1. The van der Waals surface area contributed by atoms with Gasteiger partial charge in [-0.05, 0) is 5.56 Å². The quantitative estimate of drug-likeness (QED) is 0.633. The highest BCUT2D eigenvalue weighted by Crippen LogP contribution is 2.08. The summed E-state index contributed by atoms with van der Waals surface area (Å²) < 4.78 is 5.00. The molecule has 1 fully saturated rings. The molecular formula is C12H13ClN2O3. The van der Waals surface area contributed by atoms with Crippen molar-refractivity contribution in [2.45, 2.75) is 18.7 Å². The third kappa shape index (κ3) is 2.92. The molecule has 0 saturated carbocycles. The molecule has 1 aliphatic heterocycles. The zero-order valence-corrected chi connectivity index (χ0v) is 10.3. The van der Waals surface area contributed by atoms with Gasteiger partial charge in [-0.1, -0.05) is 30.3 Å². The summed E-state index contributed by atoms with van der Waals surface area (Å²) >= 11 is 5.61. The minimum absolute atomic E-state index is 0.173. The van der Waals surface area contributed by atoms with Gasteiger partial charge in [0, 0.05) is 5.88 Å². The lowest BCUT2D eigenvalue weighted by atomic mass is 10.0. The summed E-state index contributed by atoms with van der Waals surface area (Å²) in [6.45, 7) is 0.173. The number of carbonyl (C=O) groups is 2. The molecular weight excluding hydrogens is 256 g/mol. The normalized spacial score (nSPS) is 21.7. The smallest absolute Gasteiger partial charge is 0.408 e. The monoisotopic (exact) mass is 268 g/mol. The minimum atomic E-state index is -0.617. The molecule has 5 nitrogen and oxygen atoms in total. The Morgan fingerprint density at radius 2 is 2.11 bits per heavy atom. The molecule has 2 N–H and O–H groups in total. The van der Waals surface area contributed by atoms with Crippen molar-refractivity contribution in [3.05, 3.63) is 35.9 Å². The zero-order chi connectivity index (χ0) is 13.0. The number of hydrogen-bond acceptors (Lipinski definition) is 3. The molecule has 6 heteroatoms. The molecule has 1 saturated heterocycles. The van der Waals surface area contributed by atoms with Gasteiger partial charge in [0.15, 0.2) is 0 Å². The molecule has 18 heavy (non-hydrogen) atoms. The molecule has 1 heterocycles. The van der Waals surface area contributed by atoms with E-state index in [1.807, 2.05) is 30.3 Å². The molecule has 0 unspecified atom stereocenters. The first-order valence-electron chi connectivity index (χ1n) is 5.54. The van der Waals surface area contributed by atoms with E-state index in [1.165, 1.54) is 0 Å². The van der Waals surface area contributed by atoms with Crippen molar-refractivity contribution < 1.29 is 14.3 Å². The van der Waals surface area contributed by atoms with Gasteiger partial charge in [0.25, 0.3) is 0 Å². The van der Waals surface area contributed by atoms with Crippen LogP contribution in [0.2, 0.25) is 0 Å². The number of rotatable bonds is 4. The van der Waals surface area contributed by atoms with Crippen molar-refractivity contribution in [3.63, 3.8) is 0 Å². The second kappa shape index (κ2) is 5.73. The van der Waals surface area contributed by atoms with Crippen LogP contribution in [-0.4, -0.2) is 30.0 Å². The summed E-state index contributed by atoms with van der Waals surface area (Å²) in [6.07, 6.45) is -0.617. The SMILES string of the molecule is O=C(N[C@H]1C(=O)N[C@H]1CCl)OCc1ccccc1. The third-order valence-electron chi connectivity index (χ3n) is 2.66. The van der Waals surface area contributed by atoms with Crippen molar-refractivity contribution >= 4 is 23.6 Å². The summed E-state index contributed by atoms with van der Waals surface area (Å²) in [5, 5.41) is 5.06. The minimum Gasteiger partial charge on any atom is -0.445 e. The van der Waals surface area contributed by atoms with E-state index in [1.54, 1.807) is 0 Å². The molecule has 96 valence electrons. The van der Waals surface area contributed by atoms with Crippen LogP contribution in [0.3, 0.4) is 0 Å². The lowest BCUT2D eigenvalue weighted by Crippen LogP contribution is -2.69. The van der Waals surface area contributed by atoms with Gasteiger partial charge in [-0.3, -0.25) is 4.79 Å². The van der Waals surface area contributed by atoms with E-state index in [0.717, 1.165) is 5.56 Å². The first-order chi connectivity index (χ1) is 8.70. The topological polar surface area (TPSA) is 67.4 Å². The number of nitrogens with one attached hydrogen (secondary N) is 2. The standard InChI is InChI=1S/C12H13ClN2O3/c13-6-9-10(11(16)14-9)15-12(17)18-7-8-4-2-1-3-5-8/h1-5,9-10H,6-7H2,(H,14,16)(H,15,17)/t9-,10+/m0/s1. The number of halogens is 1. The van der Waals surface area contributed by atoms with Crippen LogP contribution in [0.5, 0.6) is 0 Å².